The Morgan fingerprint density at radius 1 is 1.42 bits per heavy atom. The molecule has 0 unspecified atom stereocenters. The van der Waals surface area contributed by atoms with Crippen molar-refractivity contribution in [3.05, 3.63) is 36.5 Å². The second-order valence-corrected chi connectivity index (χ2v) is 2.76. The van der Waals surface area contributed by atoms with E-state index in [1.807, 2.05) is 18.3 Å². The van der Waals surface area contributed by atoms with Gasteiger partial charge in [-0.15, -0.1) is 0 Å². The molecule has 0 bridgehead atoms. The van der Waals surface area contributed by atoms with Crippen LogP contribution in [-0.4, -0.2) is 9.97 Å². The van der Waals surface area contributed by atoms with Gasteiger partial charge in [-0.1, -0.05) is 6.92 Å². The fourth-order valence-corrected chi connectivity index (χ4v) is 1.27. The summed E-state index contributed by atoms with van der Waals surface area (Å²) in [5.74, 6) is 0. The van der Waals surface area contributed by atoms with Crippen LogP contribution in [-0.2, 0) is 0 Å². The van der Waals surface area contributed by atoms with Crippen LogP contribution < -0.4 is 0 Å². The molecule has 2 rings (SSSR count). The van der Waals surface area contributed by atoms with Crippen molar-refractivity contribution in [2.24, 2.45) is 0 Å². The minimum absolute atomic E-state index is 0.970. The number of pyridine rings is 1. The Morgan fingerprint density at radius 2 is 2.33 bits per heavy atom. The molecule has 2 nitrogen and oxygen atoms in total. The SMILES string of the molecule is CC[CH]c1ccc2cc[nH]c2n1. The summed E-state index contributed by atoms with van der Waals surface area (Å²) in [5.41, 5.74) is 2.02. The second-order valence-electron chi connectivity index (χ2n) is 2.76. The normalized spacial score (nSPS) is 10.8. The van der Waals surface area contributed by atoms with Gasteiger partial charge in [-0.2, -0.15) is 0 Å². The van der Waals surface area contributed by atoms with E-state index < -0.39 is 0 Å². The molecular formula is C10H11N2. The zero-order valence-corrected chi connectivity index (χ0v) is 7.04. The molecule has 1 N–H and O–H groups in total. The lowest BCUT2D eigenvalue weighted by molar-refractivity contribution is 1.08. The van der Waals surface area contributed by atoms with Gasteiger partial charge in [0, 0.05) is 23.7 Å². The Bertz CT molecular complexity index is 376. The van der Waals surface area contributed by atoms with Gasteiger partial charge in [0.1, 0.15) is 5.65 Å². The molecule has 0 saturated heterocycles. The molecule has 1 radical (unpaired) electrons. The van der Waals surface area contributed by atoms with Gasteiger partial charge in [0.2, 0.25) is 0 Å². The van der Waals surface area contributed by atoms with Crippen molar-refractivity contribution in [2.45, 2.75) is 13.3 Å². The first-order valence-electron chi connectivity index (χ1n) is 4.17. The summed E-state index contributed by atoms with van der Waals surface area (Å²) < 4.78 is 0. The van der Waals surface area contributed by atoms with E-state index in [4.69, 9.17) is 0 Å². The Balaban J connectivity index is 2.46. The quantitative estimate of drug-likeness (QED) is 0.716. The number of nitrogens with zero attached hydrogens (tertiary/aromatic N) is 1. The van der Waals surface area contributed by atoms with E-state index in [1.54, 1.807) is 0 Å². The number of hydrogen-bond acceptors (Lipinski definition) is 1. The Labute approximate surface area is 71.6 Å². The molecule has 0 spiro atoms. The van der Waals surface area contributed by atoms with Gasteiger partial charge in [-0.3, -0.25) is 0 Å². The topological polar surface area (TPSA) is 28.7 Å². The van der Waals surface area contributed by atoms with Gasteiger partial charge in [-0.05, 0) is 24.6 Å². The van der Waals surface area contributed by atoms with Crippen molar-refractivity contribution in [1.82, 2.24) is 9.97 Å². The van der Waals surface area contributed by atoms with Crippen LogP contribution in [0.5, 0.6) is 0 Å². The lowest BCUT2D eigenvalue weighted by atomic mass is 10.2. The molecule has 0 atom stereocenters. The lowest BCUT2D eigenvalue weighted by Gasteiger charge is -1.96. The minimum Gasteiger partial charge on any atom is -0.346 e. The molecule has 0 aliphatic heterocycles. The Hall–Kier alpha value is -1.31. The summed E-state index contributed by atoms with van der Waals surface area (Å²) >= 11 is 0. The fourth-order valence-electron chi connectivity index (χ4n) is 1.27. The van der Waals surface area contributed by atoms with Crippen LogP contribution >= 0.6 is 0 Å². The van der Waals surface area contributed by atoms with Crippen LogP contribution in [0.2, 0.25) is 0 Å². The third-order valence-electron chi connectivity index (χ3n) is 1.84. The maximum atomic E-state index is 4.41. The van der Waals surface area contributed by atoms with Crippen molar-refractivity contribution in [3.8, 4) is 0 Å². The molecule has 12 heavy (non-hydrogen) atoms. The summed E-state index contributed by atoms with van der Waals surface area (Å²) in [4.78, 5) is 7.50. The van der Waals surface area contributed by atoms with Crippen molar-refractivity contribution in [2.75, 3.05) is 0 Å². The first-order valence-corrected chi connectivity index (χ1v) is 4.17. The predicted molar refractivity (Wildman–Crippen MR) is 49.8 cm³/mol. The van der Waals surface area contributed by atoms with E-state index >= 15 is 0 Å². The summed E-state index contributed by atoms with van der Waals surface area (Å²) in [5, 5.41) is 1.17. The third-order valence-corrected chi connectivity index (χ3v) is 1.84. The standard InChI is InChI=1S/C10H11N2/c1-2-3-9-5-4-8-6-7-11-10(8)12-9/h3-7H,2H2,1H3,(H,11,12). The number of hydrogen-bond donors (Lipinski definition) is 1. The Morgan fingerprint density at radius 3 is 3.17 bits per heavy atom. The van der Waals surface area contributed by atoms with Gasteiger partial charge in [-0.25, -0.2) is 4.98 Å². The van der Waals surface area contributed by atoms with Crippen LogP contribution in [0.4, 0.5) is 0 Å². The van der Waals surface area contributed by atoms with Crippen molar-refractivity contribution in [3.63, 3.8) is 0 Å². The largest absolute Gasteiger partial charge is 0.346 e. The van der Waals surface area contributed by atoms with E-state index in [9.17, 15) is 0 Å². The van der Waals surface area contributed by atoms with Gasteiger partial charge < -0.3 is 4.98 Å². The summed E-state index contributed by atoms with van der Waals surface area (Å²) in [6, 6.07) is 6.15. The number of rotatable bonds is 2. The third kappa shape index (κ3) is 1.20. The highest BCUT2D eigenvalue weighted by molar-refractivity contribution is 5.75. The van der Waals surface area contributed by atoms with Crippen LogP contribution in [0.1, 0.15) is 19.0 Å². The smallest absolute Gasteiger partial charge is 0.137 e. The minimum atomic E-state index is 0.970. The van der Waals surface area contributed by atoms with Gasteiger partial charge in [0.15, 0.2) is 0 Å². The Kier molecular flexibility index (Phi) is 1.82. The summed E-state index contributed by atoms with van der Waals surface area (Å²) in [6.45, 7) is 2.11. The predicted octanol–water partition coefficient (Wildman–Crippen LogP) is 2.53. The molecule has 61 valence electrons. The van der Waals surface area contributed by atoms with E-state index in [0.29, 0.717) is 0 Å². The van der Waals surface area contributed by atoms with Crippen LogP contribution in [0.15, 0.2) is 24.4 Å². The molecule has 2 aromatic heterocycles. The molecule has 0 fully saturated rings. The monoisotopic (exact) mass is 159 g/mol. The highest BCUT2D eigenvalue weighted by atomic mass is 14.8. The van der Waals surface area contributed by atoms with Crippen LogP contribution in [0.3, 0.4) is 0 Å². The highest BCUT2D eigenvalue weighted by Gasteiger charge is 1.97. The van der Waals surface area contributed by atoms with Gasteiger partial charge in [0.05, 0.1) is 0 Å². The zero-order chi connectivity index (χ0) is 8.39. The molecule has 0 aromatic carbocycles. The average molecular weight is 159 g/mol. The number of H-pyrrole nitrogens is 1. The van der Waals surface area contributed by atoms with Crippen LogP contribution in [0.25, 0.3) is 11.0 Å². The molecule has 0 aliphatic carbocycles. The fraction of sp³-hybridized carbons (Fsp3) is 0.200. The van der Waals surface area contributed by atoms with Gasteiger partial charge in [0.25, 0.3) is 0 Å². The van der Waals surface area contributed by atoms with Gasteiger partial charge >= 0.3 is 0 Å². The van der Waals surface area contributed by atoms with E-state index in [-0.39, 0.29) is 0 Å². The second kappa shape index (κ2) is 2.97. The van der Waals surface area contributed by atoms with Crippen molar-refractivity contribution < 1.29 is 0 Å². The highest BCUT2D eigenvalue weighted by Crippen LogP contribution is 2.11. The maximum Gasteiger partial charge on any atom is 0.137 e. The molecule has 2 aromatic rings. The zero-order valence-electron chi connectivity index (χ0n) is 7.04. The van der Waals surface area contributed by atoms with E-state index in [1.165, 1.54) is 5.39 Å². The number of aromatic nitrogens is 2. The first-order chi connectivity index (χ1) is 5.90. The molecular weight excluding hydrogens is 148 g/mol. The maximum absolute atomic E-state index is 4.41. The summed E-state index contributed by atoms with van der Waals surface area (Å²) in [7, 11) is 0. The van der Waals surface area contributed by atoms with Crippen molar-refractivity contribution in [1.29, 1.82) is 0 Å². The lowest BCUT2D eigenvalue weighted by Crippen LogP contribution is -1.85. The molecule has 2 heteroatoms. The summed E-state index contributed by atoms with van der Waals surface area (Å²) in [6.07, 6.45) is 5.05. The van der Waals surface area contributed by atoms with E-state index in [2.05, 4.69) is 29.4 Å². The number of nitrogens with one attached hydrogen (secondary N) is 1. The molecule has 0 amide bonds. The van der Waals surface area contributed by atoms with Crippen molar-refractivity contribution >= 4 is 11.0 Å². The van der Waals surface area contributed by atoms with Crippen LogP contribution in [0, 0.1) is 6.42 Å². The first kappa shape index (κ1) is 7.35. The van der Waals surface area contributed by atoms with E-state index in [0.717, 1.165) is 17.8 Å². The molecule has 0 saturated carbocycles. The average Bonchev–Trinajstić information content (AvgIpc) is 2.51. The number of aromatic amines is 1. The number of fused-ring (bicyclic) bond motifs is 1. The molecule has 2 heterocycles. The molecule has 0 aliphatic rings.